The van der Waals surface area contributed by atoms with Crippen LogP contribution < -0.4 is 0 Å². The van der Waals surface area contributed by atoms with Gasteiger partial charge in [0.15, 0.2) is 0 Å². The fourth-order valence-corrected chi connectivity index (χ4v) is 2.57. The highest BCUT2D eigenvalue weighted by molar-refractivity contribution is 5.78. The van der Waals surface area contributed by atoms with E-state index in [9.17, 15) is 9.90 Å². The quantitative estimate of drug-likeness (QED) is 0.922. The maximum atomic E-state index is 11.5. The molecule has 2 heterocycles. The van der Waals surface area contributed by atoms with E-state index in [1.54, 1.807) is 13.1 Å². The number of hydrogen-bond acceptors (Lipinski definition) is 4. The molecular weight excluding hydrogens is 256 g/mol. The zero-order valence-corrected chi connectivity index (χ0v) is 12.8. The molecule has 2 rings (SSSR count). The van der Waals surface area contributed by atoms with Crippen molar-refractivity contribution in [2.45, 2.75) is 64.5 Å². The van der Waals surface area contributed by atoms with Crippen LogP contribution >= 0.6 is 0 Å². The molecule has 1 fully saturated rings. The van der Waals surface area contributed by atoms with Crippen LogP contribution in [0, 0.1) is 0 Å². The van der Waals surface area contributed by atoms with Crippen LogP contribution in [0.1, 0.15) is 58.6 Å². The standard InChI is InChI=1S/C15H24N2O3/c1-14(2,3)11-9-16-12(20-11)10-17-8-6-5-7-15(17,4)13(18)19/h9H,5-8,10H2,1-4H3,(H,18,19). The zero-order valence-electron chi connectivity index (χ0n) is 12.8. The first-order valence-corrected chi connectivity index (χ1v) is 7.17. The van der Waals surface area contributed by atoms with E-state index in [0.717, 1.165) is 25.1 Å². The number of aromatic nitrogens is 1. The fraction of sp³-hybridized carbons (Fsp3) is 0.733. The van der Waals surface area contributed by atoms with Crippen molar-refractivity contribution in [3.8, 4) is 0 Å². The zero-order chi connectivity index (χ0) is 15.0. The second-order valence-corrected chi connectivity index (χ2v) is 6.83. The van der Waals surface area contributed by atoms with Gasteiger partial charge in [0.25, 0.3) is 0 Å². The number of rotatable bonds is 3. The largest absolute Gasteiger partial charge is 0.480 e. The summed E-state index contributed by atoms with van der Waals surface area (Å²) in [6.45, 7) is 9.23. The maximum absolute atomic E-state index is 11.5. The lowest BCUT2D eigenvalue weighted by Crippen LogP contribution is -2.54. The summed E-state index contributed by atoms with van der Waals surface area (Å²) < 4.78 is 5.78. The van der Waals surface area contributed by atoms with Crippen molar-refractivity contribution in [3.05, 3.63) is 17.8 Å². The summed E-state index contributed by atoms with van der Waals surface area (Å²) in [6.07, 6.45) is 4.40. The van der Waals surface area contributed by atoms with E-state index in [4.69, 9.17) is 4.42 Å². The number of likely N-dealkylation sites (tertiary alicyclic amines) is 1. The summed E-state index contributed by atoms with van der Waals surface area (Å²) in [5.74, 6) is 0.672. The third kappa shape index (κ3) is 2.87. The highest BCUT2D eigenvalue weighted by Gasteiger charge is 2.41. The molecule has 0 aliphatic carbocycles. The lowest BCUT2D eigenvalue weighted by molar-refractivity contribution is -0.153. The van der Waals surface area contributed by atoms with Crippen LogP contribution in [0.4, 0.5) is 0 Å². The maximum Gasteiger partial charge on any atom is 0.323 e. The Balaban J connectivity index is 2.15. The van der Waals surface area contributed by atoms with Gasteiger partial charge in [-0.2, -0.15) is 0 Å². The van der Waals surface area contributed by atoms with Crippen molar-refractivity contribution in [2.24, 2.45) is 0 Å². The summed E-state index contributed by atoms with van der Waals surface area (Å²) in [5.41, 5.74) is -0.891. The van der Waals surface area contributed by atoms with Crippen molar-refractivity contribution in [3.63, 3.8) is 0 Å². The average molecular weight is 280 g/mol. The highest BCUT2D eigenvalue weighted by Crippen LogP contribution is 2.30. The predicted molar refractivity (Wildman–Crippen MR) is 75.5 cm³/mol. The molecule has 0 amide bonds. The molecule has 0 saturated carbocycles. The Labute approximate surface area is 120 Å². The minimum Gasteiger partial charge on any atom is -0.480 e. The molecule has 0 bridgehead atoms. The van der Waals surface area contributed by atoms with Gasteiger partial charge in [0.1, 0.15) is 11.3 Å². The van der Waals surface area contributed by atoms with Crippen LogP contribution in [0.2, 0.25) is 0 Å². The molecule has 1 aromatic heterocycles. The second-order valence-electron chi connectivity index (χ2n) is 6.83. The summed E-state index contributed by atoms with van der Waals surface area (Å²) in [5, 5.41) is 9.49. The number of carboxylic acid groups (broad SMARTS) is 1. The molecule has 0 radical (unpaired) electrons. The Morgan fingerprint density at radius 1 is 1.50 bits per heavy atom. The molecule has 0 aromatic carbocycles. The van der Waals surface area contributed by atoms with Crippen LogP contribution in [-0.2, 0) is 16.8 Å². The van der Waals surface area contributed by atoms with E-state index in [0.29, 0.717) is 18.9 Å². The first kappa shape index (κ1) is 15.0. The van der Waals surface area contributed by atoms with Gasteiger partial charge >= 0.3 is 5.97 Å². The first-order valence-electron chi connectivity index (χ1n) is 7.17. The lowest BCUT2D eigenvalue weighted by atomic mass is 9.88. The number of nitrogens with zero attached hydrogens (tertiary/aromatic N) is 2. The molecule has 1 atom stereocenters. The van der Waals surface area contributed by atoms with Gasteiger partial charge in [0.05, 0.1) is 12.7 Å². The van der Waals surface area contributed by atoms with E-state index in [1.807, 2.05) is 4.90 Å². The van der Waals surface area contributed by atoms with Crippen LogP contribution in [0.3, 0.4) is 0 Å². The average Bonchev–Trinajstić information content (AvgIpc) is 2.80. The SMILES string of the molecule is CC(C)(C)c1cnc(CN2CCCCC2(C)C(=O)O)o1. The van der Waals surface area contributed by atoms with Crippen LogP contribution in [0.15, 0.2) is 10.6 Å². The van der Waals surface area contributed by atoms with Crippen molar-refractivity contribution < 1.29 is 14.3 Å². The van der Waals surface area contributed by atoms with Gasteiger partial charge in [0, 0.05) is 5.41 Å². The van der Waals surface area contributed by atoms with Crippen LogP contribution in [0.25, 0.3) is 0 Å². The smallest absolute Gasteiger partial charge is 0.323 e. The first-order chi connectivity index (χ1) is 9.23. The van der Waals surface area contributed by atoms with Gasteiger partial charge in [0.2, 0.25) is 5.89 Å². The molecule has 1 aromatic rings. The van der Waals surface area contributed by atoms with Crippen molar-refractivity contribution in [2.75, 3.05) is 6.54 Å². The van der Waals surface area contributed by atoms with Crippen LogP contribution in [-0.4, -0.2) is 33.0 Å². The fourth-order valence-electron chi connectivity index (χ4n) is 2.57. The number of piperidine rings is 1. The minimum absolute atomic E-state index is 0.0801. The monoisotopic (exact) mass is 280 g/mol. The normalized spacial score (nSPS) is 24.8. The Hall–Kier alpha value is -1.36. The molecule has 0 spiro atoms. The number of hydrogen-bond donors (Lipinski definition) is 1. The number of carbonyl (C=O) groups is 1. The number of aliphatic carboxylic acids is 1. The molecule has 1 unspecified atom stereocenters. The van der Waals surface area contributed by atoms with Gasteiger partial charge in [-0.25, -0.2) is 4.98 Å². The number of carboxylic acids is 1. The van der Waals surface area contributed by atoms with E-state index in [-0.39, 0.29) is 5.41 Å². The molecule has 5 heteroatoms. The van der Waals surface area contributed by atoms with E-state index in [1.165, 1.54) is 0 Å². The van der Waals surface area contributed by atoms with Gasteiger partial charge in [-0.3, -0.25) is 9.69 Å². The van der Waals surface area contributed by atoms with Gasteiger partial charge in [-0.1, -0.05) is 20.8 Å². The molecule has 112 valence electrons. The van der Waals surface area contributed by atoms with Gasteiger partial charge < -0.3 is 9.52 Å². The summed E-state index contributed by atoms with van der Waals surface area (Å²) in [6, 6.07) is 0. The summed E-state index contributed by atoms with van der Waals surface area (Å²) in [7, 11) is 0. The van der Waals surface area contributed by atoms with Gasteiger partial charge in [-0.15, -0.1) is 0 Å². The highest BCUT2D eigenvalue weighted by atomic mass is 16.4. The third-order valence-electron chi connectivity index (χ3n) is 4.12. The summed E-state index contributed by atoms with van der Waals surface area (Å²) in [4.78, 5) is 17.8. The molecule has 1 N–H and O–H groups in total. The molecule has 1 aliphatic heterocycles. The second kappa shape index (κ2) is 5.20. The van der Waals surface area contributed by atoms with Gasteiger partial charge in [-0.05, 0) is 32.7 Å². The Bertz CT molecular complexity index is 490. The molecular formula is C15H24N2O3. The minimum atomic E-state index is -0.811. The molecule has 1 aliphatic rings. The van der Waals surface area contributed by atoms with Crippen LogP contribution in [0.5, 0.6) is 0 Å². The molecule has 5 nitrogen and oxygen atoms in total. The summed E-state index contributed by atoms with van der Waals surface area (Å²) >= 11 is 0. The van der Waals surface area contributed by atoms with Crippen molar-refractivity contribution in [1.82, 2.24) is 9.88 Å². The molecule has 1 saturated heterocycles. The Morgan fingerprint density at radius 3 is 2.75 bits per heavy atom. The number of oxazole rings is 1. The van der Waals surface area contributed by atoms with Crippen molar-refractivity contribution in [1.29, 1.82) is 0 Å². The predicted octanol–water partition coefficient (Wildman–Crippen LogP) is 2.80. The lowest BCUT2D eigenvalue weighted by Gasteiger charge is -2.40. The molecule has 20 heavy (non-hydrogen) atoms. The van der Waals surface area contributed by atoms with E-state index in [2.05, 4.69) is 25.8 Å². The Kier molecular flexibility index (Phi) is 3.91. The van der Waals surface area contributed by atoms with E-state index < -0.39 is 11.5 Å². The topological polar surface area (TPSA) is 66.6 Å². The van der Waals surface area contributed by atoms with E-state index >= 15 is 0 Å². The van der Waals surface area contributed by atoms with Crippen molar-refractivity contribution >= 4 is 5.97 Å². The third-order valence-corrected chi connectivity index (χ3v) is 4.12. The Morgan fingerprint density at radius 2 is 2.20 bits per heavy atom.